The topological polar surface area (TPSA) is 88.2 Å². The van der Waals surface area contributed by atoms with Crippen molar-refractivity contribution in [3.05, 3.63) is 35.9 Å². The van der Waals surface area contributed by atoms with Gasteiger partial charge in [0.2, 0.25) is 5.91 Å². The summed E-state index contributed by atoms with van der Waals surface area (Å²) in [4.78, 5) is 40.0. The Hall–Kier alpha value is -2.77. The first-order chi connectivity index (χ1) is 13.1. The van der Waals surface area contributed by atoms with Crippen LogP contribution in [0, 0.1) is 0 Å². The van der Waals surface area contributed by atoms with Crippen LogP contribution in [0.1, 0.15) is 32.8 Å². The summed E-state index contributed by atoms with van der Waals surface area (Å²) in [6, 6.07) is 8.32. The van der Waals surface area contributed by atoms with Gasteiger partial charge in [-0.1, -0.05) is 30.3 Å². The quantitative estimate of drug-likeness (QED) is 0.851. The minimum atomic E-state index is -0.700. The number of hydrogen-bond donors (Lipinski definition) is 1. The molecule has 3 amide bonds. The van der Waals surface area contributed by atoms with Crippen molar-refractivity contribution >= 4 is 18.1 Å². The van der Waals surface area contributed by atoms with Crippen LogP contribution in [0.15, 0.2) is 30.3 Å². The average Bonchev–Trinajstić information content (AvgIpc) is 3.10. The van der Waals surface area contributed by atoms with E-state index in [2.05, 4.69) is 5.32 Å². The number of carbonyl (C=O) groups excluding carboxylic acids is 3. The number of carbonyl (C=O) groups is 3. The van der Waals surface area contributed by atoms with Crippen molar-refractivity contribution in [1.29, 1.82) is 0 Å². The van der Waals surface area contributed by atoms with Gasteiger partial charge in [0.05, 0.1) is 6.04 Å². The van der Waals surface area contributed by atoms with Crippen molar-refractivity contribution in [2.45, 2.75) is 51.5 Å². The summed E-state index contributed by atoms with van der Waals surface area (Å²) in [6.07, 6.45) is -0.763. The Labute approximate surface area is 165 Å². The molecule has 0 bridgehead atoms. The average molecular weight is 391 g/mol. The Kier molecular flexibility index (Phi) is 6.88. The third-order valence-electron chi connectivity index (χ3n) is 4.50. The van der Waals surface area contributed by atoms with Crippen molar-refractivity contribution in [2.24, 2.45) is 0 Å². The first-order valence-corrected chi connectivity index (χ1v) is 9.27. The molecule has 154 valence electrons. The van der Waals surface area contributed by atoms with Crippen molar-refractivity contribution in [1.82, 2.24) is 15.1 Å². The maximum Gasteiger partial charge on any atom is 0.411 e. The van der Waals surface area contributed by atoms with Crippen LogP contribution >= 0.6 is 0 Å². The molecule has 0 aromatic heterocycles. The second-order valence-electron chi connectivity index (χ2n) is 7.80. The summed E-state index contributed by atoms with van der Waals surface area (Å²) in [6.45, 7) is 5.65. The van der Waals surface area contributed by atoms with E-state index in [9.17, 15) is 14.4 Å². The minimum Gasteiger partial charge on any atom is -0.445 e. The second-order valence-corrected chi connectivity index (χ2v) is 7.80. The Morgan fingerprint density at radius 3 is 2.43 bits per heavy atom. The van der Waals surface area contributed by atoms with Crippen molar-refractivity contribution in [2.75, 3.05) is 20.6 Å². The standard InChI is InChI=1S/C20H29N3O5/c1-20(2,3)28-19(26)23-12-15(11-16(23)17(24)21-4)22(5)18(25)27-13-14-9-7-6-8-10-14/h6-10,15-16H,11-13H2,1-5H3,(H,21,24)/t15-,16-/m0/s1. The Morgan fingerprint density at radius 2 is 1.86 bits per heavy atom. The van der Waals surface area contributed by atoms with E-state index in [1.165, 1.54) is 16.8 Å². The predicted octanol–water partition coefficient (Wildman–Crippen LogP) is 2.38. The van der Waals surface area contributed by atoms with Crippen LogP contribution in [-0.4, -0.2) is 66.2 Å². The van der Waals surface area contributed by atoms with E-state index in [-0.39, 0.29) is 25.1 Å². The molecule has 8 nitrogen and oxygen atoms in total. The molecule has 0 radical (unpaired) electrons. The first-order valence-electron chi connectivity index (χ1n) is 9.27. The van der Waals surface area contributed by atoms with Gasteiger partial charge in [-0.25, -0.2) is 9.59 Å². The van der Waals surface area contributed by atoms with Gasteiger partial charge in [0.1, 0.15) is 18.2 Å². The van der Waals surface area contributed by atoms with Crippen LogP contribution in [0.3, 0.4) is 0 Å². The second kappa shape index (κ2) is 8.95. The lowest BCUT2D eigenvalue weighted by Gasteiger charge is -2.28. The van der Waals surface area contributed by atoms with Crippen LogP contribution in [0.2, 0.25) is 0 Å². The van der Waals surface area contributed by atoms with E-state index in [1.54, 1.807) is 27.8 Å². The molecule has 1 aromatic rings. The summed E-state index contributed by atoms with van der Waals surface area (Å²) >= 11 is 0. The van der Waals surface area contributed by atoms with E-state index in [0.717, 1.165) is 5.56 Å². The van der Waals surface area contributed by atoms with Gasteiger partial charge in [-0.15, -0.1) is 0 Å². The van der Waals surface area contributed by atoms with Crippen LogP contribution in [0.25, 0.3) is 0 Å². The number of nitrogens with zero attached hydrogens (tertiary/aromatic N) is 2. The molecule has 1 aliphatic rings. The molecule has 0 saturated carbocycles. The van der Waals surface area contributed by atoms with Gasteiger partial charge in [0, 0.05) is 20.6 Å². The number of likely N-dealkylation sites (tertiary alicyclic amines) is 1. The summed E-state index contributed by atoms with van der Waals surface area (Å²) < 4.78 is 10.8. The Bertz CT molecular complexity index is 702. The lowest BCUT2D eigenvalue weighted by atomic mass is 10.1. The Balaban J connectivity index is 2.03. The zero-order valence-electron chi connectivity index (χ0n) is 17.1. The van der Waals surface area contributed by atoms with E-state index in [1.807, 2.05) is 30.3 Å². The SMILES string of the molecule is CNC(=O)[C@@H]1C[C@H](N(C)C(=O)OCc2ccccc2)CN1C(=O)OC(C)(C)C. The van der Waals surface area contributed by atoms with Crippen molar-refractivity contribution < 1.29 is 23.9 Å². The number of nitrogens with one attached hydrogen (secondary N) is 1. The molecular weight excluding hydrogens is 362 g/mol. The highest BCUT2D eigenvalue weighted by Gasteiger charge is 2.43. The third-order valence-corrected chi connectivity index (χ3v) is 4.50. The summed E-state index contributed by atoms with van der Waals surface area (Å²) in [7, 11) is 3.12. The molecule has 1 N–H and O–H groups in total. The molecule has 0 aliphatic carbocycles. The molecule has 1 fully saturated rings. The molecule has 28 heavy (non-hydrogen) atoms. The summed E-state index contributed by atoms with van der Waals surface area (Å²) in [5.74, 6) is -0.292. The van der Waals surface area contributed by atoms with E-state index >= 15 is 0 Å². The normalized spacial score (nSPS) is 19.1. The van der Waals surface area contributed by atoms with Gasteiger partial charge in [-0.2, -0.15) is 0 Å². The fraction of sp³-hybridized carbons (Fsp3) is 0.550. The molecule has 1 aromatic carbocycles. The van der Waals surface area contributed by atoms with Gasteiger partial charge in [0.15, 0.2) is 0 Å². The van der Waals surface area contributed by atoms with E-state index < -0.39 is 23.8 Å². The largest absolute Gasteiger partial charge is 0.445 e. The van der Waals surface area contributed by atoms with Gasteiger partial charge in [-0.05, 0) is 32.8 Å². The van der Waals surface area contributed by atoms with Gasteiger partial charge >= 0.3 is 12.2 Å². The maximum absolute atomic E-state index is 12.5. The summed E-state index contributed by atoms with van der Waals surface area (Å²) in [5, 5.41) is 2.57. The zero-order valence-corrected chi connectivity index (χ0v) is 17.1. The molecule has 1 saturated heterocycles. The minimum absolute atomic E-state index is 0.158. The van der Waals surface area contributed by atoms with E-state index in [4.69, 9.17) is 9.47 Å². The molecule has 2 atom stereocenters. The predicted molar refractivity (Wildman–Crippen MR) is 104 cm³/mol. The maximum atomic E-state index is 12.5. The summed E-state index contributed by atoms with van der Waals surface area (Å²) in [5.41, 5.74) is 0.206. The Morgan fingerprint density at radius 1 is 1.21 bits per heavy atom. The lowest BCUT2D eigenvalue weighted by Crippen LogP contribution is -2.47. The van der Waals surface area contributed by atoms with Crippen molar-refractivity contribution in [3.8, 4) is 0 Å². The fourth-order valence-electron chi connectivity index (χ4n) is 3.00. The molecule has 2 rings (SSSR count). The molecular formula is C20H29N3O5. The monoisotopic (exact) mass is 391 g/mol. The molecule has 0 spiro atoms. The number of benzene rings is 1. The van der Waals surface area contributed by atoms with Crippen molar-refractivity contribution in [3.63, 3.8) is 0 Å². The van der Waals surface area contributed by atoms with Crippen LogP contribution < -0.4 is 5.32 Å². The molecule has 1 heterocycles. The number of ether oxygens (including phenoxy) is 2. The number of likely N-dealkylation sites (N-methyl/N-ethyl adjacent to an activating group) is 2. The first kappa shape index (κ1) is 21.5. The van der Waals surface area contributed by atoms with Gasteiger partial charge in [0.25, 0.3) is 0 Å². The number of rotatable bonds is 4. The highest BCUT2D eigenvalue weighted by molar-refractivity contribution is 5.86. The highest BCUT2D eigenvalue weighted by Crippen LogP contribution is 2.25. The highest BCUT2D eigenvalue weighted by atomic mass is 16.6. The van der Waals surface area contributed by atoms with Gasteiger partial charge < -0.3 is 19.7 Å². The zero-order chi connectivity index (χ0) is 20.9. The number of hydrogen-bond acceptors (Lipinski definition) is 5. The van der Waals surface area contributed by atoms with Gasteiger partial charge in [-0.3, -0.25) is 9.69 Å². The lowest BCUT2D eigenvalue weighted by molar-refractivity contribution is -0.125. The number of amides is 3. The smallest absolute Gasteiger partial charge is 0.411 e. The molecule has 8 heteroatoms. The van der Waals surface area contributed by atoms with Crippen LogP contribution in [-0.2, 0) is 20.9 Å². The molecule has 0 unspecified atom stereocenters. The third kappa shape index (κ3) is 5.61. The van der Waals surface area contributed by atoms with Crippen LogP contribution in [0.5, 0.6) is 0 Å². The fourth-order valence-corrected chi connectivity index (χ4v) is 3.00. The van der Waals surface area contributed by atoms with E-state index in [0.29, 0.717) is 6.42 Å². The van der Waals surface area contributed by atoms with Crippen LogP contribution in [0.4, 0.5) is 9.59 Å². The molecule has 1 aliphatic heterocycles.